The third kappa shape index (κ3) is 4.35. The zero-order chi connectivity index (χ0) is 13.8. The van der Waals surface area contributed by atoms with E-state index in [9.17, 15) is 15.3 Å². The Hall–Kier alpha value is -0.280. The average molecular weight is 278 g/mol. The monoisotopic (exact) mass is 278 g/mol. The molecule has 0 aromatic carbocycles. The number of hydrogen-bond acceptors (Lipinski definition) is 7. The maximum absolute atomic E-state index is 9.72. The molecule has 0 aromatic rings. The standard InChI is InChI=1S/C12H22O7/c13-4-9-1-7(14)3-12(19-9)18-6-11-10(16)2-8(15)5-17-11/h7-16H,1-6H2/t7?,8?,9?,10?,11-,12?/m1/s1. The van der Waals surface area contributed by atoms with Crippen LogP contribution in [0.4, 0.5) is 0 Å². The van der Waals surface area contributed by atoms with Gasteiger partial charge in [0.05, 0.1) is 44.2 Å². The second-order valence-electron chi connectivity index (χ2n) is 5.16. The molecule has 4 N–H and O–H groups in total. The van der Waals surface area contributed by atoms with Crippen LogP contribution >= 0.6 is 0 Å². The van der Waals surface area contributed by atoms with Gasteiger partial charge in [-0.05, 0) is 0 Å². The molecule has 0 bridgehead atoms. The van der Waals surface area contributed by atoms with E-state index in [1.54, 1.807) is 0 Å². The molecule has 2 fully saturated rings. The topological polar surface area (TPSA) is 109 Å². The number of aliphatic hydroxyl groups excluding tert-OH is 4. The lowest BCUT2D eigenvalue weighted by molar-refractivity contribution is -0.241. The Bertz CT molecular complexity index is 275. The van der Waals surface area contributed by atoms with Crippen molar-refractivity contribution in [2.45, 2.75) is 56.1 Å². The predicted molar refractivity (Wildman–Crippen MR) is 63.3 cm³/mol. The molecule has 6 atom stereocenters. The second-order valence-corrected chi connectivity index (χ2v) is 5.16. The highest BCUT2D eigenvalue weighted by Gasteiger charge is 2.32. The molecular formula is C12H22O7. The Morgan fingerprint density at radius 2 is 1.84 bits per heavy atom. The van der Waals surface area contributed by atoms with Gasteiger partial charge in [0.1, 0.15) is 6.10 Å². The molecule has 19 heavy (non-hydrogen) atoms. The van der Waals surface area contributed by atoms with E-state index in [0.717, 1.165) is 0 Å². The molecular weight excluding hydrogens is 256 g/mol. The Labute approximate surface area is 111 Å². The van der Waals surface area contributed by atoms with Crippen LogP contribution in [-0.2, 0) is 14.2 Å². The summed E-state index contributed by atoms with van der Waals surface area (Å²) in [6, 6.07) is 0. The van der Waals surface area contributed by atoms with Crippen LogP contribution in [0.5, 0.6) is 0 Å². The first kappa shape index (κ1) is 15.1. The Morgan fingerprint density at radius 3 is 2.53 bits per heavy atom. The van der Waals surface area contributed by atoms with E-state index in [4.69, 9.17) is 19.3 Å². The van der Waals surface area contributed by atoms with Crippen molar-refractivity contribution in [1.82, 2.24) is 0 Å². The van der Waals surface area contributed by atoms with Gasteiger partial charge in [-0.25, -0.2) is 0 Å². The van der Waals surface area contributed by atoms with E-state index in [2.05, 4.69) is 0 Å². The minimum Gasteiger partial charge on any atom is -0.394 e. The number of hydrogen-bond donors (Lipinski definition) is 4. The van der Waals surface area contributed by atoms with Crippen molar-refractivity contribution in [2.75, 3.05) is 19.8 Å². The molecule has 0 saturated carbocycles. The molecule has 0 radical (unpaired) electrons. The normalized spacial score (nSPS) is 44.2. The summed E-state index contributed by atoms with van der Waals surface area (Å²) in [5.74, 6) is 0. The first-order valence-electron chi connectivity index (χ1n) is 6.62. The summed E-state index contributed by atoms with van der Waals surface area (Å²) in [4.78, 5) is 0. The molecule has 0 amide bonds. The Balaban J connectivity index is 1.75. The quantitative estimate of drug-likeness (QED) is 0.489. The summed E-state index contributed by atoms with van der Waals surface area (Å²) in [7, 11) is 0. The molecule has 2 heterocycles. The van der Waals surface area contributed by atoms with E-state index in [1.165, 1.54) is 0 Å². The van der Waals surface area contributed by atoms with E-state index >= 15 is 0 Å². The van der Waals surface area contributed by atoms with Crippen molar-refractivity contribution >= 4 is 0 Å². The van der Waals surface area contributed by atoms with Gasteiger partial charge in [-0.3, -0.25) is 0 Å². The zero-order valence-corrected chi connectivity index (χ0v) is 10.7. The van der Waals surface area contributed by atoms with E-state index in [1.807, 2.05) is 0 Å². The molecule has 7 heteroatoms. The van der Waals surface area contributed by atoms with E-state index in [-0.39, 0.29) is 26.2 Å². The van der Waals surface area contributed by atoms with E-state index in [0.29, 0.717) is 12.8 Å². The third-order valence-electron chi connectivity index (χ3n) is 3.44. The van der Waals surface area contributed by atoms with Gasteiger partial charge in [-0.15, -0.1) is 0 Å². The first-order chi connectivity index (χ1) is 9.08. The van der Waals surface area contributed by atoms with Crippen molar-refractivity contribution in [3.8, 4) is 0 Å². The summed E-state index contributed by atoms with van der Waals surface area (Å²) in [6.07, 6.45) is -2.51. The molecule has 2 aliphatic rings. The number of ether oxygens (including phenoxy) is 3. The maximum Gasteiger partial charge on any atom is 0.160 e. The first-order valence-corrected chi connectivity index (χ1v) is 6.62. The molecule has 0 aliphatic carbocycles. The Kier molecular flexibility index (Phi) is 5.52. The van der Waals surface area contributed by atoms with Gasteiger partial charge in [0.2, 0.25) is 0 Å². The van der Waals surface area contributed by atoms with Crippen molar-refractivity contribution in [3.63, 3.8) is 0 Å². The number of rotatable bonds is 4. The van der Waals surface area contributed by atoms with E-state index < -0.39 is 36.8 Å². The summed E-state index contributed by atoms with van der Waals surface area (Å²) in [5.41, 5.74) is 0. The molecule has 112 valence electrons. The summed E-state index contributed by atoms with van der Waals surface area (Å²) >= 11 is 0. The van der Waals surface area contributed by atoms with Crippen molar-refractivity contribution in [2.24, 2.45) is 0 Å². The van der Waals surface area contributed by atoms with Crippen molar-refractivity contribution in [1.29, 1.82) is 0 Å². The fraction of sp³-hybridized carbons (Fsp3) is 1.00. The van der Waals surface area contributed by atoms with Crippen molar-refractivity contribution in [3.05, 3.63) is 0 Å². The smallest absolute Gasteiger partial charge is 0.160 e. The second kappa shape index (κ2) is 6.94. The average Bonchev–Trinajstić information content (AvgIpc) is 2.37. The lowest BCUT2D eigenvalue weighted by Crippen LogP contribution is -2.45. The predicted octanol–water partition coefficient (Wildman–Crippen LogP) is -1.63. The van der Waals surface area contributed by atoms with Gasteiger partial charge < -0.3 is 34.6 Å². The fourth-order valence-corrected chi connectivity index (χ4v) is 2.38. The van der Waals surface area contributed by atoms with Crippen LogP contribution in [0.15, 0.2) is 0 Å². The van der Waals surface area contributed by atoms with Gasteiger partial charge in [0.25, 0.3) is 0 Å². The summed E-state index contributed by atoms with van der Waals surface area (Å²) < 4.78 is 16.2. The lowest BCUT2D eigenvalue weighted by atomic mass is 10.0. The fourth-order valence-electron chi connectivity index (χ4n) is 2.38. The van der Waals surface area contributed by atoms with Crippen LogP contribution in [0.25, 0.3) is 0 Å². The summed E-state index contributed by atoms with van der Waals surface area (Å²) in [5, 5.41) is 37.7. The summed E-state index contributed by atoms with van der Waals surface area (Å²) in [6.45, 7) is 0.146. The molecule has 0 aromatic heterocycles. The van der Waals surface area contributed by atoms with Gasteiger partial charge in [-0.1, -0.05) is 0 Å². The van der Waals surface area contributed by atoms with Gasteiger partial charge in [0.15, 0.2) is 6.29 Å². The van der Waals surface area contributed by atoms with Crippen LogP contribution in [0, 0.1) is 0 Å². The number of aliphatic hydroxyl groups is 4. The van der Waals surface area contributed by atoms with Crippen LogP contribution in [0.3, 0.4) is 0 Å². The lowest BCUT2D eigenvalue weighted by Gasteiger charge is -2.35. The third-order valence-corrected chi connectivity index (χ3v) is 3.44. The highest BCUT2D eigenvalue weighted by molar-refractivity contribution is 4.79. The molecule has 0 spiro atoms. The van der Waals surface area contributed by atoms with Crippen molar-refractivity contribution < 1.29 is 34.6 Å². The molecule has 2 saturated heterocycles. The highest BCUT2D eigenvalue weighted by Crippen LogP contribution is 2.22. The van der Waals surface area contributed by atoms with Crippen LogP contribution in [0.1, 0.15) is 19.3 Å². The SMILES string of the molecule is OCC1CC(O)CC(OC[C@H]2OCC(O)CC2O)O1. The van der Waals surface area contributed by atoms with Gasteiger partial charge in [-0.2, -0.15) is 0 Å². The minimum absolute atomic E-state index is 0.128. The molecule has 5 unspecified atom stereocenters. The molecule has 7 nitrogen and oxygen atoms in total. The van der Waals surface area contributed by atoms with Gasteiger partial charge >= 0.3 is 0 Å². The minimum atomic E-state index is -0.772. The maximum atomic E-state index is 9.72. The van der Waals surface area contributed by atoms with Crippen LogP contribution < -0.4 is 0 Å². The largest absolute Gasteiger partial charge is 0.394 e. The highest BCUT2D eigenvalue weighted by atomic mass is 16.7. The van der Waals surface area contributed by atoms with Gasteiger partial charge in [0, 0.05) is 19.3 Å². The molecule has 2 rings (SSSR count). The zero-order valence-electron chi connectivity index (χ0n) is 10.7. The van der Waals surface area contributed by atoms with Crippen LogP contribution in [-0.4, -0.2) is 77.1 Å². The van der Waals surface area contributed by atoms with Crippen LogP contribution in [0.2, 0.25) is 0 Å². The Morgan fingerprint density at radius 1 is 1.05 bits per heavy atom. The molecule has 2 aliphatic heterocycles.